The van der Waals surface area contributed by atoms with Crippen LogP contribution in [-0.4, -0.2) is 22.2 Å². The van der Waals surface area contributed by atoms with Gasteiger partial charge in [0.15, 0.2) is 0 Å². The Hall–Kier alpha value is -2.88. The van der Waals surface area contributed by atoms with E-state index >= 15 is 0 Å². The molecular weight excluding hydrogens is 334 g/mol. The van der Waals surface area contributed by atoms with Crippen molar-refractivity contribution in [3.63, 3.8) is 0 Å². The maximum Gasteiger partial charge on any atom is 0.254 e. The second kappa shape index (κ2) is 7.03. The third-order valence-corrected chi connectivity index (χ3v) is 5.55. The predicted molar refractivity (Wildman–Crippen MR) is 107 cm³/mol. The Balaban J connectivity index is 1.52. The van der Waals surface area contributed by atoms with Gasteiger partial charge in [-0.3, -0.25) is 4.79 Å². The van der Waals surface area contributed by atoms with Crippen LogP contribution in [0.5, 0.6) is 0 Å². The van der Waals surface area contributed by atoms with Gasteiger partial charge in [0, 0.05) is 12.0 Å². The number of hydrogen-bond acceptors (Lipinski definition) is 2. The number of benzene rings is 2. The van der Waals surface area contributed by atoms with Gasteiger partial charge in [0.05, 0.1) is 23.1 Å². The van der Waals surface area contributed by atoms with E-state index in [0.29, 0.717) is 12.1 Å². The minimum Gasteiger partial charge on any atom is -0.351 e. The van der Waals surface area contributed by atoms with Crippen molar-refractivity contribution in [3.05, 3.63) is 83.2 Å². The highest BCUT2D eigenvalue weighted by molar-refractivity contribution is 5.95. The molecule has 0 unspecified atom stereocenters. The quantitative estimate of drug-likeness (QED) is 0.717. The summed E-state index contributed by atoms with van der Waals surface area (Å²) >= 11 is 0. The van der Waals surface area contributed by atoms with Crippen LogP contribution in [0.1, 0.15) is 46.9 Å². The molecule has 0 radical (unpaired) electrons. The van der Waals surface area contributed by atoms with Crippen LogP contribution < -0.4 is 5.32 Å². The average molecular weight is 359 g/mol. The molecule has 4 nitrogen and oxygen atoms in total. The maximum absolute atomic E-state index is 12.9. The van der Waals surface area contributed by atoms with Crippen molar-refractivity contribution < 1.29 is 4.79 Å². The zero-order valence-corrected chi connectivity index (χ0v) is 15.9. The number of aryl methyl sites for hydroxylation is 1. The Morgan fingerprint density at radius 3 is 2.44 bits per heavy atom. The van der Waals surface area contributed by atoms with Gasteiger partial charge in [-0.2, -0.15) is 5.10 Å². The normalized spacial score (nSPS) is 14.7. The van der Waals surface area contributed by atoms with Gasteiger partial charge in [-0.05, 0) is 43.9 Å². The van der Waals surface area contributed by atoms with Gasteiger partial charge in [0.25, 0.3) is 5.91 Å². The van der Waals surface area contributed by atoms with Gasteiger partial charge in [-0.1, -0.05) is 55.0 Å². The van der Waals surface area contributed by atoms with Crippen molar-refractivity contribution in [2.45, 2.75) is 38.5 Å². The van der Waals surface area contributed by atoms with Gasteiger partial charge >= 0.3 is 0 Å². The van der Waals surface area contributed by atoms with Gasteiger partial charge in [0.1, 0.15) is 0 Å². The lowest BCUT2D eigenvalue weighted by Gasteiger charge is -2.16. The summed E-state index contributed by atoms with van der Waals surface area (Å²) in [5.74, 6) is -0.0348. The molecule has 1 aliphatic carbocycles. The molecule has 1 aliphatic rings. The summed E-state index contributed by atoms with van der Waals surface area (Å²) in [5, 5.41) is 7.64. The summed E-state index contributed by atoms with van der Waals surface area (Å²) in [5.41, 5.74) is 5.23. The number of rotatable bonds is 6. The highest BCUT2D eigenvalue weighted by atomic mass is 16.1. The largest absolute Gasteiger partial charge is 0.351 e. The van der Waals surface area contributed by atoms with Crippen LogP contribution in [0.15, 0.2) is 60.8 Å². The van der Waals surface area contributed by atoms with Gasteiger partial charge in [-0.15, -0.1) is 0 Å². The minimum atomic E-state index is -0.0348. The Kier molecular flexibility index (Phi) is 4.56. The molecule has 0 saturated heterocycles. The van der Waals surface area contributed by atoms with Crippen molar-refractivity contribution in [2.75, 3.05) is 6.54 Å². The molecule has 0 aliphatic heterocycles. The number of amides is 1. The van der Waals surface area contributed by atoms with Crippen LogP contribution >= 0.6 is 0 Å². The fourth-order valence-electron chi connectivity index (χ4n) is 3.67. The Labute approximate surface area is 160 Å². The lowest BCUT2D eigenvalue weighted by Crippen LogP contribution is -2.32. The van der Waals surface area contributed by atoms with Crippen molar-refractivity contribution in [3.8, 4) is 5.69 Å². The van der Waals surface area contributed by atoms with E-state index in [-0.39, 0.29) is 11.3 Å². The topological polar surface area (TPSA) is 46.9 Å². The van der Waals surface area contributed by atoms with Crippen molar-refractivity contribution in [1.82, 2.24) is 15.1 Å². The summed E-state index contributed by atoms with van der Waals surface area (Å²) in [6.45, 7) is 4.80. The van der Waals surface area contributed by atoms with Crippen molar-refractivity contribution in [2.24, 2.45) is 0 Å². The molecule has 1 saturated carbocycles. The van der Waals surface area contributed by atoms with Crippen molar-refractivity contribution in [1.29, 1.82) is 0 Å². The number of carbonyl (C=O) groups is 1. The van der Waals surface area contributed by atoms with E-state index in [1.165, 1.54) is 11.1 Å². The number of nitrogens with one attached hydrogen (secondary N) is 1. The Morgan fingerprint density at radius 2 is 1.81 bits per heavy atom. The molecule has 0 spiro atoms. The van der Waals surface area contributed by atoms with E-state index in [1.807, 2.05) is 22.9 Å². The molecule has 27 heavy (non-hydrogen) atoms. The number of carbonyl (C=O) groups excluding carboxylic acids is 1. The number of hydrogen-bond donors (Lipinski definition) is 1. The Bertz CT molecular complexity index is 938. The summed E-state index contributed by atoms with van der Waals surface area (Å²) < 4.78 is 1.87. The lowest BCUT2D eigenvalue weighted by molar-refractivity contribution is 0.0948. The lowest BCUT2D eigenvalue weighted by atomic mass is 9.96. The van der Waals surface area contributed by atoms with E-state index in [9.17, 15) is 4.79 Å². The molecule has 3 aromatic rings. The first-order valence-electron chi connectivity index (χ1n) is 9.61. The second-order valence-corrected chi connectivity index (χ2v) is 7.43. The first-order valence-corrected chi connectivity index (χ1v) is 9.61. The smallest absolute Gasteiger partial charge is 0.254 e. The van der Waals surface area contributed by atoms with Gasteiger partial charge < -0.3 is 5.32 Å². The molecule has 1 amide bonds. The molecule has 1 fully saturated rings. The fraction of sp³-hybridized carbons (Fsp3) is 0.304. The third kappa shape index (κ3) is 3.39. The molecule has 1 N–H and O–H groups in total. The maximum atomic E-state index is 12.9. The second-order valence-electron chi connectivity index (χ2n) is 7.43. The van der Waals surface area contributed by atoms with Gasteiger partial charge in [0.2, 0.25) is 0 Å². The molecule has 4 heteroatoms. The van der Waals surface area contributed by atoms with Crippen LogP contribution in [-0.2, 0) is 11.8 Å². The Morgan fingerprint density at radius 1 is 1.11 bits per heavy atom. The zero-order valence-electron chi connectivity index (χ0n) is 15.9. The molecule has 1 aromatic heterocycles. The first-order chi connectivity index (χ1) is 13.1. The van der Waals surface area contributed by atoms with Crippen LogP contribution in [0.25, 0.3) is 5.69 Å². The average Bonchev–Trinajstić information content (AvgIpc) is 3.38. The van der Waals surface area contributed by atoms with E-state index in [4.69, 9.17) is 0 Å². The molecule has 138 valence electrons. The summed E-state index contributed by atoms with van der Waals surface area (Å²) in [7, 11) is 0. The minimum absolute atomic E-state index is 0.0348. The SMILES string of the molecule is CCc1c(C(=O)NCC2(c3ccccc3)CC2)cnn1-c1ccc(C)cc1. The third-order valence-electron chi connectivity index (χ3n) is 5.55. The summed E-state index contributed by atoms with van der Waals surface area (Å²) in [6.07, 6.45) is 4.69. The fourth-order valence-corrected chi connectivity index (χ4v) is 3.67. The molecular formula is C23H25N3O. The molecule has 0 bridgehead atoms. The molecule has 1 heterocycles. The number of aromatic nitrogens is 2. The van der Waals surface area contributed by atoms with Crippen molar-refractivity contribution >= 4 is 5.91 Å². The van der Waals surface area contributed by atoms with Crippen LogP contribution in [0.4, 0.5) is 0 Å². The highest BCUT2D eigenvalue weighted by Crippen LogP contribution is 2.47. The standard InChI is InChI=1S/C23H25N3O/c1-3-21-20(15-25-26(21)19-11-9-17(2)10-12-19)22(27)24-16-23(13-14-23)18-7-5-4-6-8-18/h4-12,15H,3,13-14,16H2,1-2H3,(H,24,27). The number of nitrogens with zero attached hydrogens (tertiary/aromatic N) is 2. The first kappa shape index (κ1) is 17.5. The van der Waals surface area contributed by atoms with E-state index in [2.05, 4.69) is 60.7 Å². The van der Waals surface area contributed by atoms with E-state index in [0.717, 1.165) is 30.6 Å². The monoisotopic (exact) mass is 359 g/mol. The van der Waals surface area contributed by atoms with E-state index in [1.54, 1.807) is 6.20 Å². The van der Waals surface area contributed by atoms with Crippen LogP contribution in [0.3, 0.4) is 0 Å². The van der Waals surface area contributed by atoms with Crippen LogP contribution in [0, 0.1) is 6.92 Å². The van der Waals surface area contributed by atoms with Gasteiger partial charge in [-0.25, -0.2) is 4.68 Å². The predicted octanol–water partition coefficient (Wildman–Crippen LogP) is 4.20. The zero-order chi connectivity index (χ0) is 18.9. The molecule has 2 aromatic carbocycles. The van der Waals surface area contributed by atoms with E-state index < -0.39 is 0 Å². The highest BCUT2D eigenvalue weighted by Gasteiger charge is 2.44. The summed E-state index contributed by atoms with van der Waals surface area (Å²) in [4.78, 5) is 12.9. The molecule has 4 rings (SSSR count). The van der Waals surface area contributed by atoms with Crippen LogP contribution in [0.2, 0.25) is 0 Å². The molecule has 0 atom stereocenters. The summed E-state index contributed by atoms with van der Waals surface area (Å²) in [6, 6.07) is 18.7.